The Hall–Kier alpha value is -2.97. The van der Waals surface area contributed by atoms with E-state index >= 15 is 0 Å². The van der Waals surface area contributed by atoms with E-state index < -0.39 is 29.6 Å². The van der Waals surface area contributed by atoms with E-state index in [2.05, 4.69) is 21.0 Å². The topological polar surface area (TPSA) is 88.1 Å². The molecule has 0 saturated heterocycles. The largest absolute Gasteiger partial charge is 0.357 e. The van der Waals surface area contributed by atoms with E-state index in [1.54, 1.807) is 20.0 Å². The van der Waals surface area contributed by atoms with Crippen LogP contribution in [0.25, 0.3) is 0 Å². The maximum absolute atomic E-state index is 13.4. The quantitative estimate of drug-likeness (QED) is 0.792. The summed E-state index contributed by atoms with van der Waals surface area (Å²) >= 11 is 0. The lowest BCUT2D eigenvalue weighted by molar-refractivity contribution is -0.122. The number of hydrogen-bond donors (Lipinski definition) is 3. The van der Waals surface area contributed by atoms with Gasteiger partial charge in [-0.2, -0.15) is 5.10 Å². The average Bonchev–Trinajstić information content (AvgIpc) is 2.84. The highest BCUT2D eigenvalue weighted by Gasteiger charge is 2.23. The number of benzene rings is 1. The average molecular weight is 337 g/mol. The Balaban J connectivity index is 2.19. The van der Waals surface area contributed by atoms with Crippen molar-refractivity contribution in [2.45, 2.75) is 13.0 Å². The molecule has 0 radical (unpaired) electrons. The highest BCUT2D eigenvalue weighted by Crippen LogP contribution is 2.17. The van der Waals surface area contributed by atoms with E-state index in [4.69, 9.17) is 0 Å². The molecule has 0 unspecified atom stereocenters. The van der Waals surface area contributed by atoms with Crippen molar-refractivity contribution in [3.63, 3.8) is 0 Å². The van der Waals surface area contributed by atoms with Crippen LogP contribution < -0.4 is 16.0 Å². The molecule has 2 aromatic rings. The molecule has 9 heteroatoms. The normalized spacial score (nSPS) is 11.7. The van der Waals surface area contributed by atoms with Crippen molar-refractivity contribution in [3.8, 4) is 0 Å². The third-order valence-corrected chi connectivity index (χ3v) is 3.30. The summed E-state index contributed by atoms with van der Waals surface area (Å²) in [6.45, 7) is 1.76. The van der Waals surface area contributed by atoms with Crippen molar-refractivity contribution in [3.05, 3.63) is 47.2 Å². The van der Waals surface area contributed by atoms with Crippen LogP contribution in [0.1, 0.15) is 17.3 Å². The highest BCUT2D eigenvalue weighted by molar-refractivity contribution is 5.93. The van der Waals surface area contributed by atoms with Gasteiger partial charge in [0.25, 0.3) is 0 Å². The molecule has 0 aliphatic rings. The molecule has 1 aromatic heterocycles. The van der Waals surface area contributed by atoms with Crippen LogP contribution in [0, 0.1) is 18.6 Å². The van der Waals surface area contributed by atoms with Gasteiger partial charge in [0, 0.05) is 20.2 Å². The molecular weight excluding hydrogens is 320 g/mol. The number of aromatic nitrogens is 2. The van der Waals surface area contributed by atoms with E-state index in [0.29, 0.717) is 11.5 Å². The fraction of sp³-hybridized carbons (Fsp3) is 0.267. The lowest BCUT2D eigenvalue weighted by Gasteiger charge is -2.18. The molecule has 128 valence electrons. The van der Waals surface area contributed by atoms with Gasteiger partial charge in [0.1, 0.15) is 11.9 Å². The van der Waals surface area contributed by atoms with Crippen molar-refractivity contribution in [1.82, 2.24) is 20.4 Å². The molecule has 1 atom stereocenters. The van der Waals surface area contributed by atoms with Crippen molar-refractivity contribution in [2.24, 2.45) is 7.05 Å². The smallest absolute Gasteiger partial charge is 0.321 e. The first-order valence-electron chi connectivity index (χ1n) is 7.06. The van der Waals surface area contributed by atoms with E-state index in [0.717, 1.165) is 12.1 Å². The summed E-state index contributed by atoms with van der Waals surface area (Å²) in [6, 6.07) is 2.77. The third kappa shape index (κ3) is 3.86. The minimum absolute atomic E-state index is 0.115. The van der Waals surface area contributed by atoms with Crippen LogP contribution in [0.15, 0.2) is 24.3 Å². The summed E-state index contributed by atoms with van der Waals surface area (Å²) in [6.07, 6.45) is 0. The number of nitrogens with zero attached hydrogens (tertiary/aromatic N) is 2. The molecule has 0 spiro atoms. The van der Waals surface area contributed by atoms with Crippen LogP contribution in [0.5, 0.6) is 0 Å². The maximum atomic E-state index is 13.4. The summed E-state index contributed by atoms with van der Waals surface area (Å²) in [5.74, 6) is -2.29. The molecule has 1 heterocycles. The SMILES string of the molecule is CNC(=O)[C@@H](NC(=O)Nc1cc(C)nn1C)c1ccc(F)c(F)c1. The molecule has 0 saturated carbocycles. The van der Waals surface area contributed by atoms with Crippen molar-refractivity contribution in [2.75, 3.05) is 12.4 Å². The van der Waals surface area contributed by atoms with Crippen molar-refractivity contribution in [1.29, 1.82) is 0 Å². The van der Waals surface area contributed by atoms with Crippen LogP contribution in [-0.4, -0.2) is 28.8 Å². The van der Waals surface area contributed by atoms with Crippen LogP contribution in [0.2, 0.25) is 0 Å². The zero-order valence-electron chi connectivity index (χ0n) is 13.4. The first-order valence-corrected chi connectivity index (χ1v) is 7.06. The van der Waals surface area contributed by atoms with Gasteiger partial charge in [0.05, 0.1) is 5.69 Å². The van der Waals surface area contributed by atoms with Crippen LogP contribution in [0.4, 0.5) is 19.4 Å². The fourth-order valence-corrected chi connectivity index (χ4v) is 2.15. The molecule has 0 aliphatic heterocycles. The van der Waals surface area contributed by atoms with Crippen LogP contribution in [0.3, 0.4) is 0 Å². The highest BCUT2D eigenvalue weighted by atomic mass is 19.2. The monoisotopic (exact) mass is 337 g/mol. The molecule has 0 aliphatic carbocycles. The lowest BCUT2D eigenvalue weighted by Crippen LogP contribution is -2.41. The van der Waals surface area contributed by atoms with Gasteiger partial charge in [0.2, 0.25) is 5.91 Å². The molecular formula is C15H17F2N5O2. The summed E-state index contributed by atoms with van der Waals surface area (Å²) in [5, 5.41) is 11.4. The van der Waals surface area contributed by atoms with E-state index in [1.165, 1.54) is 17.8 Å². The molecule has 0 fully saturated rings. The standard InChI is InChI=1S/C15H17F2N5O2/c1-8-6-12(22(3)21-8)19-15(24)20-13(14(23)18-2)9-4-5-10(16)11(17)7-9/h4-7,13H,1-3H3,(H,18,23)(H2,19,20,24)/t13-/m0/s1. The number of amides is 3. The van der Waals surface area contributed by atoms with E-state index in [1.807, 2.05) is 0 Å². The molecule has 2 rings (SSSR count). The first-order chi connectivity index (χ1) is 11.3. The molecule has 3 amide bonds. The minimum Gasteiger partial charge on any atom is -0.357 e. The number of rotatable bonds is 4. The zero-order valence-corrected chi connectivity index (χ0v) is 13.4. The second kappa shape index (κ2) is 7.07. The number of anilines is 1. The summed E-state index contributed by atoms with van der Waals surface area (Å²) in [4.78, 5) is 24.1. The van der Waals surface area contributed by atoms with E-state index in [-0.39, 0.29) is 5.56 Å². The Bertz CT molecular complexity index is 775. The van der Waals surface area contributed by atoms with Gasteiger partial charge in [-0.3, -0.25) is 14.8 Å². The van der Waals surface area contributed by atoms with Gasteiger partial charge < -0.3 is 10.6 Å². The second-order valence-corrected chi connectivity index (χ2v) is 5.11. The predicted octanol–water partition coefficient (Wildman–Crippen LogP) is 1.62. The Morgan fingerprint density at radius 2 is 1.92 bits per heavy atom. The van der Waals surface area contributed by atoms with Crippen molar-refractivity contribution < 1.29 is 18.4 Å². The predicted molar refractivity (Wildman–Crippen MR) is 83.3 cm³/mol. The van der Waals surface area contributed by atoms with Crippen LogP contribution in [-0.2, 0) is 11.8 Å². The van der Waals surface area contributed by atoms with Gasteiger partial charge in [-0.05, 0) is 24.6 Å². The van der Waals surface area contributed by atoms with Gasteiger partial charge in [0.15, 0.2) is 11.6 Å². The number of hydrogen-bond acceptors (Lipinski definition) is 3. The number of likely N-dealkylation sites (N-methyl/N-ethyl adjacent to an activating group) is 1. The number of nitrogens with one attached hydrogen (secondary N) is 3. The zero-order chi connectivity index (χ0) is 17.9. The lowest BCUT2D eigenvalue weighted by atomic mass is 10.1. The molecule has 24 heavy (non-hydrogen) atoms. The Labute approximate surface area is 137 Å². The number of urea groups is 1. The molecule has 3 N–H and O–H groups in total. The maximum Gasteiger partial charge on any atom is 0.321 e. The van der Waals surface area contributed by atoms with Crippen LogP contribution >= 0.6 is 0 Å². The molecule has 7 nitrogen and oxygen atoms in total. The van der Waals surface area contributed by atoms with Gasteiger partial charge in [-0.25, -0.2) is 13.6 Å². The van der Waals surface area contributed by atoms with Crippen molar-refractivity contribution >= 4 is 17.8 Å². The Morgan fingerprint density at radius 3 is 2.46 bits per heavy atom. The van der Waals surface area contributed by atoms with Gasteiger partial charge >= 0.3 is 6.03 Å². The summed E-state index contributed by atoms with van der Waals surface area (Å²) in [5.41, 5.74) is 0.820. The Morgan fingerprint density at radius 1 is 1.21 bits per heavy atom. The number of halogens is 2. The Kier molecular flexibility index (Phi) is 5.12. The second-order valence-electron chi connectivity index (χ2n) is 5.11. The third-order valence-electron chi connectivity index (χ3n) is 3.30. The minimum atomic E-state index is -1.18. The number of carbonyl (C=O) groups excluding carboxylic acids is 2. The molecule has 0 bridgehead atoms. The number of carbonyl (C=O) groups is 2. The fourth-order valence-electron chi connectivity index (χ4n) is 2.15. The van der Waals surface area contributed by atoms with Gasteiger partial charge in [-0.15, -0.1) is 0 Å². The first kappa shape index (κ1) is 17.4. The molecule has 1 aromatic carbocycles. The summed E-state index contributed by atoms with van der Waals surface area (Å²) in [7, 11) is 3.02. The van der Waals surface area contributed by atoms with Gasteiger partial charge in [-0.1, -0.05) is 6.07 Å². The number of aryl methyl sites for hydroxylation is 2. The summed E-state index contributed by atoms with van der Waals surface area (Å²) < 4.78 is 27.9. The van der Waals surface area contributed by atoms with E-state index in [9.17, 15) is 18.4 Å².